The van der Waals surface area contributed by atoms with Crippen LogP contribution in [-0.4, -0.2) is 32.3 Å². The van der Waals surface area contributed by atoms with E-state index in [2.05, 4.69) is 45.0 Å². The SMILES string of the molecule is CC1CC(C2=CCC(O)(O)C=C2)(c2ccc(O)cc2)C(c2ccccc2)(c2ccccc2)C(C)(C)C1O. The molecule has 1 saturated carbocycles. The first-order valence-corrected chi connectivity index (χ1v) is 13.0. The number of hydrogen-bond acceptors (Lipinski definition) is 4. The van der Waals surface area contributed by atoms with Gasteiger partial charge in [-0.25, -0.2) is 0 Å². The van der Waals surface area contributed by atoms with Crippen LogP contribution in [0.2, 0.25) is 0 Å². The highest BCUT2D eigenvalue weighted by atomic mass is 16.5. The molecule has 37 heavy (non-hydrogen) atoms. The van der Waals surface area contributed by atoms with Crippen molar-refractivity contribution in [2.24, 2.45) is 11.3 Å². The molecule has 0 aliphatic heterocycles. The van der Waals surface area contributed by atoms with E-state index in [-0.39, 0.29) is 18.1 Å². The maximum atomic E-state index is 11.9. The summed E-state index contributed by atoms with van der Waals surface area (Å²) in [6.07, 6.45) is 5.32. The molecule has 192 valence electrons. The molecule has 5 rings (SSSR count). The first kappa shape index (κ1) is 25.5. The molecule has 2 aliphatic rings. The van der Waals surface area contributed by atoms with Crippen molar-refractivity contribution in [1.29, 1.82) is 0 Å². The van der Waals surface area contributed by atoms with E-state index >= 15 is 0 Å². The second-order valence-electron chi connectivity index (χ2n) is 11.4. The van der Waals surface area contributed by atoms with E-state index in [9.17, 15) is 20.4 Å². The Bertz CT molecular complexity index is 1270. The number of phenolic OH excluding ortho intramolecular Hbond substituents is 1. The van der Waals surface area contributed by atoms with Crippen molar-refractivity contribution in [1.82, 2.24) is 0 Å². The molecule has 4 nitrogen and oxygen atoms in total. The van der Waals surface area contributed by atoms with Crippen LogP contribution in [0.15, 0.2) is 109 Å². The minimum atomic E-state index is -1.91. The van der Waals surface area contributed by atoms with Crippen LogP contribution in [0, 0.1) is 11.3 Å². The Kier molecular flexibility index (Phi) is 6.18. The zero-order chi connectivity index (χ0) is 26.5. The summed E-state index contributed by atoms with van der Waals surface area (Å²) in [5.41, 5.74) is 1.99. The van der Waals surface area contributed by atoms with Gasteiger partial charge in [-0.05, 0) is 52.8 Å². The van der Waals surface area contributed by atoms with Gasteiger partial charge in [0.25, 0.3) is 0 Å². The van der Waals surface area contributed by atoms with Gasteiger partial charge in [0, 0.05) is 22.7 Å². The highest BCUT2D eigenvalue weighted by molar-refractivity contribution is 5.60. The average molecular weight is 497 g/mol. The molecule has 0 bridgehead atoms. The lowest BCUT2D eigenvalue weighted by Gasteiger charge is -2.66. The van der Waals surface area contributed by atoms with E-state index in [4.69, 9.17) is 0 Å². The fourth-order valence-corrected chi connectivity index (χ4v) is 7.53. The molecular weight excluding hydrogens is 460 g/mol. The molecule has 0 spiro atoms. The number of aliphatic hydroxyl groups is 3. The molecule has 2 aliphatic carbocycles. The fourth-order valence-electron chi connectivity index (χ4n) is 7.53. The van der Waals surface area contributed by atoms with Crippen LogP contribution in [0.4, 0.5) is 0 Å². The summed E-state index contributed by atoms with van der Waals surface area (Å²) in [5, 5.41) is 42.9. The largest absolute Gasteiger partial charge is 0.508 e. The van der Waals surface area contributed by atoms with Crippen molar-refractivity contribution in [2.45, 2.75) is 56.3 Å². The first-order valence-electron chi connectivity index (χ1n) is 13.0. The van der Waals surface area contributed by atoms with E-state index in [1.54, 1.807) is 12.1 Å². The highest BCUT2D eigenvalue weighted by Crippen LogP contribution is 2.68. The van der Waals surface area contributed by atoms with Gasteiger partial charge in [-0.3, -0.25) is 0 Å². The van der Waals surface area contributed by atoms with E-state index < -0.39 is 28.1 Å². The van der Waals surface area contributed by atoms with Gasteiger partial charge in [-0.15, -0.1) is 0 Å². The van der Waals surface area contributed by atoms with Gasteiger partial charge in [0.1, 0.15) is 5.75 Å². The van der Waals surface area contributed by atoms with Crippen molar-refractivity contribution < 1.29 is 20.4 Å². The number of benzene rings is 3. The van der Waals surface area contributed by atoms with Gasteiger partial charge in [0.05, 0.1) is 6.10 Å². The van der Waals surface area contributed by atoms with Crippen LogP contribution in [0.1, 0.15) is 50.3 Å². The summed E-state index contributed by atoms with van der Waals surface area (Å²) in [6.45, 7) is 6.40. The molecule has 0 amide bonds. The molecular formula is C33H36O4. The van der Waals surface area contributed by atoms with Crippen molar-refractivity contribution in [2.75, 3.05) is 0 Å². The van der Waals surface area contributed by atoms with E-state index in [1.165, 1.54) is 6.08 Å². The van der Waals surface area contributed by atoms with Crippen molar-refractivity contribution in [3.05, 3.63) is 125 Å². The summed E-state index contributed by atoms with van der Waals surface area (Å²) >= 11 is 0. The standard InChI is InChI=1S/C33H36O4/c1-23-22-32(24-14-16-28(34)17-15-24,25-18-20-31(36,37)21-19-25)33(30(2,3)29(23)35,26-10-6-4-7-11-26)27-12-8-5-9-13-27/h4-20,23,29,34-37H,21-22H2,1-3H3. The third kappa shape index (κ3) is 3.70. The van der Waals surface area contributed by atoms with Gasteiger partial charge in [0.15, 0.2) is 5.79 Å². The Morgan fingerprint density at radius 1 is 0.757 bits per heavy atom. The lowest BCUT2D eigenvalue weighted by molar-refractivity contribution is -0.117. The zero-order valence-electron chi connectivity index (χ0n) is 21.7. The molecule has 3 aromatic carbocycles. The zero-order valence-corrected chi connectivity index (χ0v) is 21.7. The predicted octanol–water partition coefficient (Wildman–Crippen LogP) is 5.61. The topological polar surface area (TPSA) is 80.9 Å². The molecule has 0 radical (unpaired) electrons. The third-order valence-electron chi connectivity index (χ3n) is 8.93. The molecule has 3 aromatic rings. The van der Waals surface area contributed by atoms with Gasteiger partial charge in [-0.2, -0.15) is 0 Å². The highest BCUT2D eigenvalue weighted by Gasteiger charge is 2.68. The number of phenols is 1. The molecule has 0 aromatic heterocycles. The number of hydrogen-bond donors (Lipinski definition) is 4. The van der Waals surface area contributed by atoms with Crippen LogP contribution in [0.3, 0.4) is 0 Å². The van der Waals surface area contributed by atoms with Gasteiger partial charge in [-0.1, -0.05) is 106 Å². The molecule has 1 fully saturated rings. The van der Waals surface area contributed by atoms with Crippen LogP contribution in [0.25, 0.3) is 0 Å². The van der Waals surface area contributed by atoms with Crippen molar-refractivity contribution in [3.63, 3.8) is 0 Å². The number of aliphatic hydroxyl groups excluding tert-OH is 1. The Balaban J connectivity index is 1.99. The maximum absolute atomic E-state index is 11.9. The van der Waals surface area contributed by atoms with E-state index in [0.717, 1.165) is 22.3 Å². The maximum Gasteiger partial charge on any atom is 0.186 e. The second kappa shape index (κ2) is 8.98. The summed E-state index contributed by atoms with van der Waals surface area (Å²) in [7, 11) is 0. The van der Waals surface area contributed by atoms with E-state index in [0.29, 0.717) is 6.42 Å². The van der Waals surface area contributed by atoms with Gasteiger partial charge in [0.2, 0.25) is 0 Å². The Hall–Kier alpha value is -3.18. The summed E-state index contributed by atoms with van der Waals surface area (Å²) in [4.78, 5) is 0. The lowest BCUT2D eigenvalue weighted by Crippen LogP contribution is -2.68. The Morgan fingerprint density at radius 2 is 1.30 bits per heavy atom. The summed E-state index contributed by atoms with van der Waals surface area (Å²) in [5.74, 6) is -1.78. The quantitative estimate of drug-likeness (QED) is 0.354. The summed E-state index contributed by atoms with van der Waals surface area (Å²) in [6, 6.07) is 28.1. The van der Waals surface area contributed by atoms with Crippen LogP contribution < -0.4 is 0 Å². The number of allylic oxidation sites excluding steroid dienone is 2. The van der Waals surface area contributed by atoms with Crippen LogP contribution >= 0.6 is 0 Å². The average Bonchev–Trinajstić information content (AvgIpc) is 2.89. The Labute approximate surface area is 219 Å². The molecule has 4 N–H and O–H groups in total. The fraction of sp³-hybridized carbons (Fsp3) is 0.333. The number of rotatable bonds is 4. The van der Waals surface area contributed by atoms with Gasteiger partial charge >= 0.3 is 0 Å². The van der Waals surface area contributed by atoms with Crippen molar-refractivity contribution >= 4 is 0 Å². The predicted molar refractivity (Wildman–Crippen MR) is 146 cm³/mol. The minimum Gasteiger partial charge on any atom is -0.508 e. The first-order chi connectivity index (χ1) is 17.6. The molecule has 0 heterocycles. The molecule has 3 atom stereocenters. The number of aromatic hydroxyl groups is 1. The lowest BCUT2D eigenvalue weighted by atomic mass is 9.36. The Morgan fingerprint density at radius 3 is 1.78 bits per heavy atom. The minimum absolute atomic E-state index is 0.0615. The smallest absolute Gasteiger partial charge is 0.186 e. The van der Waals surface area contributed by atoms with Crippen LogP contribution in [-0.2, 0) is 10.8 Å². The van der Waals surface area contributed by atoms with Gasteiger partial charge < -0.3 is 20.4 Å². The monoisotopic (exact) mass is 496 g/mol. The molecule has 3 unspecified atom stereocenters. The van der Waals surface area contributed by atoms with Crippen molar-refractivity contribution in [3.8, 4) is 5.75 Å². The molecule has 0 saturated heterocycles. The normalized spacial score (nSPS) is 27.9. The second-order valence-corrected chi connectivity index (χ2v) is 11.4. The third-order valence-corrected chi connectivity index (χ3v) is 8.93. The van der Waals surface area contributed by atoms with E-state index in [1.807, 2.05) is 60.7 Å². The van der Waals surface area contributed by atoms with Crippen LogP contribution in [0.5, 0.6) is 5.75 Å². The summed E-state index contributed by atoms with van der Waals surface area (Å²) < 4.78 is 0. The molecule has 4 heteroatoms.